The fourth-order valence-electron chi connectivity index (χ4n) is 4.30. The maximum absolute atomic E-state index is 13.4. The predicted molar refractivity (Wildman–Crippen MR) is 162 cm³/mol. The molecule has 0 saturated heterocycles. The highest BCUT2D eigenvalue weighted by Gasteiger charge is 2.16. The number of thiazole rings is 1. The Balaban J connectivity index is 1.41. The number of hydrogen-bond acceptors (Lipinski definition) is 7. The maximum atomic E-state index is 13.4. The fraction of sp³-hybridized carbons (Fsp3) is 0.0968. The molecule has 6 rings (SSSR count). The first-order valence-corrected chi connectivity index (χ1v) is 14.1. The molecular weight excluding hydrogens is 558 g/mol. The lowest BCUT2D eigenvalue weighted by atomic mass is 10.1. The first-order valence-electron chi connectivity index (χ1n) is 12.9. The van der Waals surface area contributed by atoms with Crippen molar-refractivity contribution in [2.75, 3.05) is 13.2 Å². The third kappa shape index (κ3) is 5.37. The lowest BCUT2D eigenvalue weighted by Gasteiger charge is -2.07. The van der Waals surface area contributed by atoms with E-state index in [4.69, 9.17) is 26.2 Å². The Bertz CT molecular complexity index is 1960. The number of rotatable bonds is 9. The molecule has 3 aromatic heterocycles. The van der Waals surface area contributed by atoms with Gasteiger partial charge in [-0.2, -0.15) is 14.6 Å². The van der Waals surface area contributed by atoms with Crippen LogP contribution in [0.25, 0.3) is 39.4 Å². The minimum Gasteiger partial charge on any atom is -0.492 e. The van der Waals surface area contributed by atoms with Gasteiger partial charge in [-0.15, -0.1) is 5.10 Å². The van der Waals surface area contributed by atoms with Crippen molar-refractivity contribution in [2.45, 2.75) is 6.92 Å². The van der Waals surface area contributed by atoms with Crippen LogP contribution in [0.5, 0.6) is 11.5 Å². The molecule has 204 valence electrons. The molecule has 0 atom stereocenters. The van der Waals surface area contributed by atoms with E-state index < -0.39 is 0 Å². The van der Waals surface area contributed by atoms with Crippen LogP contribution in [0.4, 0.5) is 0 Å². The molecule has 41 heavy (non-hydrogen) atoms. The minimum atomic E-state index is -0.252. The van der Waals surface area contributed by atoms with Crippen LogP contribution in [0.1, 0.15) is 12.5 Å². The highest BCUT2D eigenvalue weighted by Crippen LogP contribution is 2.32. The minimum absolute atomic E-state index is 0.252. The van der Waals surface area contributed by atoms with E-state index in [1.807, 2.05) is 92.0 Å². The SMILES string of the molecule is C=CCOc1ccc(-c2nc3sc(=Cc4cn(-c5ccccc5)nc4-c4ccc(OCC)c(Cl)c4)c(=O)n3n2)cc1. The van der Waals surface area contributed by atoms with Gasteiger partial charge in [0.15, 0.2) is 5.82 Å². The van der Waals surface area contributed by atoms with Gasteiger partial charge in [-0.25, -0.2) is 4.68 Å². The van der Waals surface area contributed by atoms with E-state index in [1.165, 1.54) is 15.9 Å². The number of halogens is 1. The third-order valence-corrected chi connectivity index (χ3v) is 7.47. The highest BCUT2D eigenvalue weighted by atomic mass is 35.5. The molecule has 10 heteroatoms. The van der Waals surface area contributed by atoms with Crippen molar-refractivity contribution in [1.82, 2.24) is 24.4 Å². The van der Waals surface area contributed by atoms with Crippen LogP contribution >= 0.6 is 22.9 Å². The summed E-state index contributed by atoms with van der Waals surface area (Å²) in [7, 11) is 0. The zero-order valence-corrected chi connectivity index (χ0v) is 23.6. The second-order valence-electron chi connectivity index (χ2n) is 8.96. The molecule has 8 nitrogen and oxygen atoms in total. The molecular formula is C31H24ClN5O3S. The van der Waals surface area contributed by atoms with E-state index in [1.54, 1.807) is 10.8 Å². The van der Waals surface area contributed by atoms with Gasteiger partial charge < -0.3 is 9.47 Å². The number of aromatic nitrogens is 5. The molecule has 6 aromatic rings. The lowest BCUT2D eigenvalue weighted by molar-refractivity contribution is 0.340. The summed E-state index contributed by atoms with van der Waals surface area (Å²) in [5.41, 5.74) is 3.66. The summed E-state index contributed by atoms with van der Waals surface area (Å²) < 4.78 is 14.8. The summed E-state index contributed by atoms with van der Waals surface area (Å²) >= 11 is 7.78. The fourth-order valence-corrected chi connectivity index (χ4v) is 5.44. The van der Waals surface area contributed by atoms with Crippen LogP contribution in [0.15, 0.2) is 96.4 Å². The Hall–Kier alpha value is -4.73. The van der Waals surface area contributed by atoms with Crippen LogP contribution in [0.2, 0.25) is 5.02 Å². The molecule has 0 aliphatic rings. The molecule has 0 saturated carbocycles. The van der Waals surface area contributed by atoms with Crippen LogP contribution in [0, 0.1) is 0 Å². The molecule has 3 aromatic carbocycles. The Kier molecular flexibility index (Phi) is 7.37. The Morgan fingerprint density at radius 3 is 2.49 bits per heavy atom. The van der Waals surface area contributed by atoms with Gasteiger partial charge >= 0.3 is 0 Å². The Labute approximate surface area is 244 Å². The molecule has 3 heterocycles. The number of benzene rings is 3. The monoisotopic (exact) mass is 581 g/mol. The quantitative estimate of drug-likeness (QED) is 0.200. The van der Waals surface area contributed by atoms with Gasteiger partial charge in [-0.05, 0) is 67.6 Å². The van der Waals surface area contributed by atoms with Gasteiger partial charge in [0.05, 0.1) is 21.8 Å². The van der Waals surface area contributed by atoms with Crippen molar-refractivity contribution in [3.05, 3.63) is 117 Å². The lowest BCUT2D eigenvalue weighted by Crippen LogP contribution is -2.23. The molecule has 0 bridgehead atoms. The summed E-state index contributed by atoms with van der Waals surface area (Å²) in [5, 5.41) is 9.82. The van der Waals surface area contributed by atoms with E-state index in [0.29, 0.717) is 45.0 Å². The molecule has 0 spiro atoms. The van der Waals surface area contributed by atoms with Crippen molar-refractivity contribution in [1.29, 1.82) is 0 Å². The van der Waals surface area contributed by atoms with Crippen LogP contribution < -0.4 is 19.6 Å². The third-order valence-electron chi connectivity index (χ3n) is 6.22. The van der Waals surface area contributed by atoms with E-state index >= 15 is 0 Å². The molecule has 0 amide bonds. The zero-order chi connectivity index (χ0) is 28.3. The van der Waals surface area contributed by atoms with Gasteiger partial charge in [-0.1, -0.05) is 53.8 Å². The van der Waals surface area contributed by atoms with Gasteiger partial charge in [0.1, 0.15) is 23.8 Å². The van der Waals surface area contributed by atoms with Gasteiger partial charge in [0, 0.05) is 22.9 Å². The number of para-hydroxylation sites is 1. The summed E-state index contributed by atoms with van der Waals surface area (Å²) in [5.74, 6) is 1.79. The molecule has 0 fully saturated rings. The normalized spacial score (nSPS) is 11.7. The number of fused-ring (bicyclic) bond motifs is 1. The van der Waals surface area contributed by atoms with Crippen molar-refractivity contribution < 1.29 is 9.47 Å². The molecule has 0 radical (unpaired) electrons. The van der Waals surface area contributed by atoms with Gasteiger partial charge in [0.25, 0.3) is 5.56 Å². The van der Waals surface area contributed by atoms with E-state index in [-0.39, 0.29) is 5.56 Å². The topological polar surface area (TPSA) is 83.5 Å². The second kappa shape index (κ2) is 11.4. The average molecular weight is 582 g/mol. The van der Waals surface area contributed by atoms with E-state index in [2.05, 4.69) is 16.7 Å². The van der Waals surface area contributed by atoms with Gasteiger partial charge in [-0.3, -0.25) is 4.79 Å². The summed E-state index contributed by atoms with van der Waals surface area (Å²) in [6.45, 7) is 6.50. The standard InChI is InChI=1S/C31H24ClN5O3S/c1-3-16-40-24-13-10-20(11-14-24)29-33-31-37(35-29)30(38)27(41-31)18-22-19-36(23-8-6-5-7-9-23)34-28(22)21-12-15-26(39-4-2)25(32)17-21/h3,5-15,17-19H,1,4,16H2,2H3. The largest absolute Gasteiger partial charge is 0.492 e. The predicted octanol–water partition coefficient (Wildman–Crippen LogP) is 5.84. The van der Waals surface area contributed by atoms with Crippen molar-refractivity contribution in [3.8, 4) is 39.8 Å². The summed E-state index contributed by atoms with van der Waals surface area (Å²) in [6.07, 6.45) is 5.40. The van der Waals surface area contributed by atoms with Crippen LogP contribution in [-0.4, -0.2) is 37.6 Å². The summed E-state index contributed by atoms with van der Waals surface area (Å²) in [6, 6.07) is 22.7. The van der Waals surface area contributed by atoms with Crippen LogP contribution in [0.3, 0.4) is 0 Å². The first kappa shape index (κ1) is 26.5. The van der Waals surface area contributed by atoms with Crippen molar-refractivity contribution in [2.24, 2.45) is 0 Å². The smallest absolute Gasteiger partial charge is 0.291 e. The Morgan fingerprint density at radius 2 is 1.78 bits per heavy atom. The summed E-state index contributed by atoms with van der Waals surface area (Å²) in [4.78, 5) is 18.5. The molecule has 0 unspecified atom stereocenters. The van der Waals surface area contributed by atoms with Crippen LogP contribution in [-0.2, 0) is 0 Å². The van der Waals surface area contributed by atoms with Crippen molar-refractivity contribution >= 4 is 34.0 Å². The average Bonchev–Trinajstić information content (AvgIpc) is 3.69. The first-order chi connectivity index (χ1) is 20.0. The molecule has 0 aliphatic carbocycles. The molecule has 0 N–H and O–H groups in total. The maximum Gasteiger partial charge on any atom is 0.291 e. The zero-order valence-electron chi connectivity index (χ0n) is 22.0. The highest BCUT2D eigenvalue weighted by molar-refractivity contribution is 7.15. The number of ether oxygens (including phenoxy) is 2. The van der Waals surface area contributed by atoms with Crippen molar-refractivity contribution in [3.63, 3.8) is 0 Å². The Morgan fingerprint density at radius 1 is 1.00 bits per heavy atom. The number of hydrogen-bond donors (Lipinski definition) is 0. The van der Waals surface area contributed by atoms with E-state index in [0.717, 1.165) is 28.1 Å². The number of nitrogens with zero attached hydrogens (tertiary/aromatic N) is 5. The van der Waals surface area contributed by atoms with E-state index in [9.17, 15) is 4.79 Å². The second-order valence-corrected chi connectivity index (χ2v) is 10.4. The van der Waals surface area contributed by atoms with Gasteiger partial charge in [0.2, 0.25) is 4.96 Å². The molecule has 0 aliphatic heterocycles.